The van der Waals surface area contributed by atoms with Crippen LogP contribution in [0.5, 0.6) is 0 Å². The summed E-state index contributed by atoms with van der Waals surface area (Å²) in [6.45, 7) is 5.24. The van der Waals surface area contributed by atoms with Crippen molar-refractivity contribution in [3.63, 3.8) is 0 Å². The molecule has 0 atom stereocenters. The number of hydrogen-bond acceptors (Lipinski definition) is 4. The molecule has 0 aliphatic carbocycles. The van der Waals surface area contributed by atoms with E-state index in [1.54, 1.807) is 40.1 Å². The van der Waals surface area contributed by atoms with E-state index in [0.717, 1.165) is 0 Å². The molecule has 5 nitrogen and oxygen atoms in total. The molecule has 0 aliphatic rings. The Kier molecular flexibility index (Phi) is 5.92. The highest BCUT2D eigenvalue weighted by molar-refractivity contribution is 5.82. The highest BCUT2D eigenvalue weighted by atomic mass is 16.6. The maximum Gasteiger partial charge on any atom is 0.412 e. The summed E-state index contributed by atoms with van der Waals surface area (Å²) in [5.41, 5.74) is -0.445. The van der Waals surface area contributed by atoms with Crippen LogP contribution in [0, 0.1) is 0 Å². The largest absolute Gasteiger partial charge is 0.444 e. The molecule has 0 radical (unpaired) electrons. The molecule has 0 unspecified atom stereocenters. The lowest BCUT2D eigenvalue weighted by molar-refractivity contribution is -0.105. The van der Waals surface area contributed by atoms with Gasteiger partial charge in [-0.3, -0.25) is 10.1 Å². The van der Waals surface area contributed by atoms with E-state index in [2.05, 4.69) is 10.6 Å². The Morgan fingerprint density at radius 1 is 1.31 bits per heavy atom. The Hall–Kier alpha value is -1.78. The standard InChI is InChI=1S/C11H18N2O3/c1-11(2,3)16-10(15)13-9(8-14)6-5-7-12-4/h5-8,12H,1-4H3,(H,13,15)/b7-5-,9-6+. The molecule has 0 aromatic carbocycles. The Balaban J connectivity index is 4.33. The van der Waals surface area contributed by atoms with Crippen molar-refractivity contribution in [1.82, 2.24) is 10.6 Å². The number of ether oxygens (including phenoxy) is 1. The van der Waals surface area contributed by atoms with Crippen LogP contribution in [0.4, 0.5) is 4.79 Å². The Labute approximate surface area is 95.5 Å². The number of aldehydes is 1. The van der Waals surface area contributed by atoms with Crippen LogP contribution in [-0.2, 0) is 9.53 Å². The van der Waals surface area contributed by atoms with Gasteiger partial charge >= 0.3 is 6.09 Å². The fourth-order valence-electron chi connectivity index (χ4n) is 0.780. The third-order valence-electron chi connectivity index (χ3n) is 1.31. The summed E-state index contributed by atoms with van der Waals surface area (Å²) in [5, 5.41) is 5.09. The third-order valence-corrected chi connectivity index (χ3v) is 1.31. The normalized spacial score (nSPS) is 12.4. The Bertz CT molecular complexity index is 301. The summed E-state index contributed by atoms with van der Waals surface area (Å²) < 4.78 is 4.99. The van der Waals surface area contributed by atoms with Gasteiger partial charge in [-0.2, -0.15) is 0 Å². The lowest BCUT2D eigenvalue weighted by atomic mass is 10.2. The van der Waals surface area contributed by atoms with Crippen molar-refractivity contribution >= 4 is 12.4 Å². The highest BCUT2D eigenvalue weighted by Gasteiger charge is 2.16. The number of amides is 1. The van der Waals surface area contributed by atoms with Crippen LogP contribution < -0.4 is 10.6 Å². The van der Waals surface area contributed by atoms with E-state index >= 15 is 0 Å². The van der Waals surface area contributed by atoms with Gasteiger partial charge in [0.1, 0.15) is 5.60 Å². The van der Waals surface area contributed by atoms with Crippen LogP contribution in [0.1, 0.15) is 20.8 Å². The number of carbonyl (C=O) groups excluding carboxylic acids is 2. The molecule has 0 spiro atoms. The smallest absolute Gasteiger partial charge is 0.412 e. The van der Waals surface area contributed by atoms with Gasteiger partial charge < -0.3 is 10.1 Å². The molecule has 2 N–H and O–H groups in total. The predicted molar refractivity (Wildman–Crippen MR) is 61.7 cm³/mol. The molecule has 5 heteroatoms. The number of hydrogen-bond donors (Lipinski definition) is 2. The van der Waals surface area contributed by atoms with Gasteiger partial charge in [0.2, 0.25) is 0 Å². The van der Waals surface area contributed by atoms with Crippen molar-refractivity contribution in [2.45, 2.75) is 26.4 Å². The quantitative estimate of drug-likeness (QED) is 0.431. The van der Waals surface area contributed by atoms with Gasteiger partial charge in [0.05, 0.1) is 5.70 Å². The minimum Gasteiger partial charge on any atom is -0.444 e. The van der Waals surface area contributed by atoms with Gasteiger partial charge in [-0.15, -0.1) is 0 Å². The van der Waals surface area contributed by atoms with Crippen molar-refractivity contribution in [1.29, 1.82) is 0 Å². The van der Waals surface area contributed by atoms with Crippen molar-refractivity contribution < 1.29 is 14.3 Å². The van der Waals surface area contributed by atoms with E-state index in [0.29, 0.717) is 6.29 Å². The average molecular weight is 226 g/mol. The van der Waals surface area contributed by atoms with E-state index in [1.165, 1.54) is 6.08 Å². The monoisotopic (exact) mass is 226 g/mol. The first-order valence-corrected chi connectivity index (χ1v) is 4.88. The molecule has 0 aromatic heterocycles. The van der Waals surface area contributed by atoms with Crippen LogP contribution in [0.3, 0.4) is 0 Å². The van der Waals surface area contributed by atoms with E-state index in [1.807, 2.05) is 0 Å². The zero-order chi connectivity index (χ0) is 12.6. The van der Waals surface area contributed by atoms with E-state index in [4.69, 9.17) is 4.74 Å². The summed E-state index contributed by atoms with van der Waals surface area (Å²) >= 11 is 0. The fraction of sp³-hybridized carbons (Fsp3) is 0.455. The molecule has 0 saturated heterocycles. The first-order valence-electron chi connectivity index (χ1n) is 4.88. The molecule has 1 amide bonds. The maximum atomic E-state index is 11.3. The van der Waals surface area contributed by atoms with E-state index < -0.39 is 11.7 Å². The van der Waals surface area contributed by atoms with Crippen LogP contribution in [-0.4, -0.2) is 25.0 Å². The number of nitrogens with one attached hydrogen (secondary N) is 2. The summed E-state index contributed by atoms with van der Waals surface area (Å²) in [6, 6.07) is 0. The SMILES string of the molecule is CN/C=C\C=C(/C=O)NC(=O)OC(C)(C)C. The first-order chi connectivity index (χ1) is 7.39. The number of carbonyl (C=O) groups is 2. The van der Waals surface area contributed by atoms with Gasteiger partial charge in [0.25, 0.3) is 0 Å². The van der Waals surface area contributed by atoms with Crippen LogP contribution in [0.2, 0.25) is 0 Å². The maximum absolute atomic E-state index is 11.3. The molecule has 0 saturated carbocycles. The highest BCUT2D eigenvalue weighted by Crippen LogP contribution is 2.06. The topological polar surface area (TPSA) is 67.4 Å². The minimum absolute atomic E-state index is 0.140. The molecular formula is C11H18N2O3. The third kappa shape index (κ3) is 7.61. The van der Waals surface area contributed by atoms with Gasteiger partial charge in [-0.05, 0) is 39.1 Å². The van der Waals surface area contributed by atoms with E-state index in [9.17, 15) is 9.59 Å². The first kappa shape index (κ1) is 14.2. The molecule has 0 rings (SSSR count). The molecule has 0 bridgehead atoms. The van der Waals surface area contributed by atoms with E-state index in [-0.39, 0.29) is 5.70 Å². The minimum atomic E-state index is -0.649. The van der Waals surface area contributed by atoms with Crippen molar-refractivity contribution in [2.24, 2.45) is 0 Å². The zero-order valence-electron chi connectivity index (χ0n) is 10.0. The van der Waals surface area contributed by atoms with Crippen LogP contribution in [0.15, 0.2) is 24.0 Å². The molecule has 0 aliphatic heterocycles. The number of rotatable bonds is 4. The summed E-state index contributed by atoms with van der Waals surface area (Å²) in [5.74, 6) is 0. The van der Waals surface area contributed by atoms with Gasteiger partial charge in [-0.1, -0.05) is 0 Å². The van der Waals surface area contributed by atoms with Crippen molar-refractivity contribution in [3.8, 4) is 0 Å². The molecule has 16 heavy (non-hydrogen) atoms. The molecule has 0 heterocycles. The zero-order valence-corrected chi connectivity index (χ0v) is 10.0. The summed E-state index contributed by atoms with van der Waals surface area (Å²) in [7, 11) is 1.73. The molecule has 0 fully saturated rings. The molecule has 0 aromatic rings. The fourth-order valence-corrected chi connectivity index (χ4v) is 0.780. The summed E-state index contributed by atoms with van der Waals surface area (Å²) in [4.78, 5) is 21.9. The molecule has 90 valence electrons. The van der Waals surface area contributed by atoms with Crippen molar-refractivity contribution in [2.75, 3.05) is 7.05 Å². The Morgan fingerprint density at radius 3 is 2.38 bits per heavy atom. The predicted octanol–water partition coefficient (Wildman–Crippen LogP) is 1.33. The van der Waals surface area contributed by atoms with Crippen molar-refractivity contribution in [3.05, 3.63) is 24.0 Å². The Morgan fingerprint density at radius 2 is 1.94 bits per heavy atom. The number of allylic oxidation sites excluding steroid dienone is 3. The second-order valence-corrected chi connectivity index (χ2v) is 4.01. The lowest BCUT2D eigenvalue weighted by Gasteiger charge is -2.19. The van der Waals surface area contributed by atoms with Gasteiger partial charge in [0, 0.05) is 7.05 Å². The average Bonchev–Trinajstić information content (AvgIpc) is 2.13. The van der Waals surface area contributed by atoms with Gasteiger partial charge in [0.15, 0.2) is 6.29 Å². The summed E-state index contributed by atoms with van der Waals surface area (Å²) in [6.07, 6.45) is 4.59. The van der Waals surface area contributed by atoms with Gasteiger partial charge in [-0.25, -0.2) is 4.79 Å². The number of alkyl carbamates (subject to hydrolysis) is 1. The van der Waals surface area contributed by atoms with Crippen LogP contribution in [0.25, 0.3) is 0 Å². The second kappa shape index (κ2) is 6.66. The second-order valence-electron chi connectivity index (χ2n) is 4.01. The van der Waals surface area contributed by atoms with Crippen LogP contribution >= 0.6 is 0 Å². The molecular weight excluding hydrogens is 208 g/mol. The lowest BCUT2D eigenvalue weighted by Crippen LogP contribution is -2.32.